The van der Waals surface area contributed by atoms with Crippen LogP contribution in [-0.2, 0) is 0 Å². The number of nitrogens with zero attached hydrogens (tertiary/aromatic N) is 1. The summed E-state index contributed by atoms with van der Waals surface area (Å²) in [6, 6.07) is 34.2. The Morgan fingerprint density at radius 3 is 1.09 bits per heavy atom. The van der Waals surface area contributed by atoms with Crippen LogP contribution in [-0.4, -0.2) is 7.05 Å². The number of para-hydroxylation sites is 3. The van der Waals surface area contributed by atoms with Crippen molar-refractivity contribution in [3.8, 4) is 6.07 Å². The molecule has 0 aliphatic heterocycles. The summed E-state index contributed by atoms with van der Waals surface area (Å²) in [7, 11) is 1.69. The molecular weight excluding hydrogens is 280 g/mol. The molecule has 0 amide bonds. The zero-order chi connectivity index (χ0) is 16.3. The Hall–Kier alpha value is -2.89. The zero-order valence-corrected chi connectivity index (χ0v) is 13.6. The highest BCUT2D eigenvalue weighted by atomic mass is 15.1. The molecule has 0 fully saturated rings. The first-order chi connectivity index (χ1) is 11.4. The Morgan fingerprint density at radius 1 is 0.609 bits per heavy atom. The molecule has 2 heteroatoms. The molecule has 0 saturated heterocycles. The lowest BCUT2D eigenvalue weighted by atomic mass is 10.2. The first-order valence-corrected chi connectivity index (χ1v) is 7.65. The third-order valence-electron chi connectivity index (χ3n) is 3.41. The summed E-state index contributed by atoms with van der Waals surface area (Å²) < 4.78 is 0. The van der Waals surface area contributed by atoms with E-state index in [9.17, 15) is 0 Å². The molecule has 0 unspecified atom stereocenters. The van der Waals surface area contributed by atoms with Gasteiger partial charge in [0.05, 0.1) is 6.92 Å². The van der Waals surface area contributed by atoms with Crippen molar-refractivity contribution in [1.29, 1.82) is 0 Å². The maximum Gasteiger partial charge on any atom is 0.269 e. The second kappa shape index (κ2) is 9.19. The fourth-order valence-corrected chi connectivity index (χ4v) is 2.31. The van der Waals surface area contributed by atoms with Gasteiger partial charge in [-0.1, -0.05) is 59.4 Å². The molecule has 2 nitrogen and oxygen atoms in total. The van der Waals surface area contributed by atoms with Gasteiger partial charge in [-0.2, -0.15) is 0 Å². The fourth-order valence-electron chi connectivity index (χ4n) is 2.31. The molecule has 0 aliphatic rings. The summed E-state index contributed by atoms with van der Waals surface area (Å²) in [4.78, 5) is 4.77. The summed E-state index contributed by atoms with van der Waals surface area (Å²) in [6.07, 6.45) is 0. The van der Waals surface area contributed by atoms with Crippen molar-refractivity contribution in [2.45, 2.75) is 6.92 Å². The molecule has 0 heterocycles. The van der Waals surface area contributed by atoms with Crippen LogP contribution >= 0.6 is 0 Å². The highest BCUT2D eigenvalue weighted by Crippen LogP contribution is 2.13. The monoisotopic (exact) mass is 302 g/mol. The van der Waals surface area contributed by atoms with Crippen LogP contribution in [0.1, 0.15) is 6.92 Å². The summed E-state index contributed by atoms with van der Waals surface area (Å²) >= 11 is 0. The van der Waals surface area contributed by atoms with E-state index in [0.717, 1.165) is 0 Å². The Bertz CT molecular complexity index is 641. The Balaban J connectivity index is 0.000000433. The lowest BCUT2D eigenvalue weighted by Gasteiger charge is -2.18. The van der Waals surface area contributed by atoms with Gasteiger partial charge in [-0.25, -0.2) is 4.90 Å². The smallest absolute Gasteiger partial charge is 0.238 e. The van der Waals surface area contributed by atoms with Crippen LogP contribution in [0.15, 0.2) is 91.0 Å². The molecule has 0 aromatic heterocycles. The van der Waals surface area contributed by atoms with Gasteiger partial charge in [0.25, 0.3) is 13.1 Å². The molecular formula is C21H22N2+2. The third kappa shape index (κ3) is 4.81. The van der Waals surface area contributed by atoms with E-state index in [-0.39, 0.29) is 0 Å². The molecule has 3 aromatic rings. The number of quaternary nitrogens is 1. The predicted molar refractivity (Wildman–Crippen MR) is 98.1 cm³/mol. The molecule has 0 aliphatic carbocycles. The topological polar surface area (TPSA) is 8.80 Å². The molecule has 3 rings (SSSR count). The molecule has 0 bridgehead atoms. The molecule has 114 valence electrons. The second-order valence-electron chi connectivity index (χ2n) is 4.92. The number of hydrogen-bond donors (Lipinski definition) is 1. The van der Waals surface area contributed by atoms with Crippen LogP contribution in [0.2, 0.25) is 0 Å². The maximum atomic E-state index is 3.49. The van der Waals surface area contributed by atoms with Crippen LogP contribution in [0.3, 0.4) is 0 Å². The van der Waals surface area contributed by atoms with E-state index in [0.29, 0.717) is 0 Å². The maximum absolute atomic E-state index is 3.49. The highest BCUT2D eigenvalue weighted by Gasteiger charge is 2.17. The molecule has 23 heavy (non-hydrogen) atoms. The van der Waals surface area contributed by atoms with Crippen molar-refractivity contribution >= 4 is 17.1 Å². The van der Waals surface area contributed by atoms with Crippen molar-refractivity contribution in [2.75, 3.05) is 7.05 Å². The lowest BCUT2D eigenvalue weighted by Crippen LogP contribution is -2.96. The zero-order valence-electron chi connectivity index (χ0n) is 13.6. The predicted octanol–water partition coefficient (Wildman–Crippen LogP) is 4.84. The van der Waals surface area contributed by atoms with Gasteiger partial charge in [0.1, 0.15) is 17.1 Å². The normalized spacial score (nSPS) is 9.35. The minimum absolute atomic E-state index is 1.25. The molecule has 0 radical (unpaired) electrons. The first kappa shape index (κ1) is 16.5. The lowest BCUT2D eigenvalue weighted by molar-refractivity contribution is -0.681. The van der Waals surface area contributed by atoms with Crippen LogP contribution in [0.4, 0.5) is 17.1 Å². The van der Waals surface area contributed by atoms with Gasteiger partial charge in [-0.05, 0) is 36.4 Å². The minimum atomic E-state index is 1.25. The average molecular weight is 302 g/mol. The number of benzene rings is 3. The van der Waals surface area contributed by atoms with Crippen LogP contribution in [0.5, 0.6) is 0 Å². The summed E-state index contributed by atoms with van der Waals surface area (Å²) in [5.41, 5.74) is 3.75. The van der Waals surface area contributed by atoms with Crippen molar-refractivity contribution in [2.24, 2.45) is 0 Å². The van der Waals surface area contributed by atoms with Crippen LogP contribution < -0.4 is 4.90 Å². The Labute approximate surface area is 138 Å². The van der Waals surface area contributed by atoms with Gasteiger partial charge in [-0.3, -0.25) is 0 Å². The second-order valence-corrected chi connectivity index (χ2v) is 4.92. The summed E-state index contributed by atoms with van der Waals surface area (Å²) in [6.45, 7) is 1.76. The van der Waals surface area contributed by atoms with Crippen molar-refractivity contribution in [1.82, 2.24) is 0 Å². The quantitative estimate of drug-likeness (QED) is 0.709. The van der Waals surface area contributed by atoms with Gasteiger partial charge in [0.15, 0.2) is 0 Å². The average Bonchev–Trinajstić information content (AvgIpc) is 2.65. The van der Waals surface area contributed by atoms with E-state index in [1.54, 1.807) is 14.0 Å². The van der Waals surface area contributed by atoms with E-state index in [1.165, 1.54) is 22.0 Å². The summed E-state index contributed by atoms with van der Waals surface area (Å²) in [5.74, 6) is 0. The SMILES string of the molecule is CC#[N+]C.c1ccc([NH+](c2ccccc2)c2ccccc2)cc1. The molecule has 0 spiro atoms. The molecule has 0 saturated carbocycles. The molecule has 1 N–H and O–H groups in total. The largest absolute Gasteiger partial charge is 0.269 e. The minimum Gasteiger partial charge on any atom is -0.238 e. The van der Waals surface area contributed by atoms with Crippen molar-refractivity contribution < 1.29 is 4.90 Å². The Morgan fingerprint density at radius 2 is 0.870 bits per heavy atom. The van der Waals surface area contributed by atoms with E-state index in [2.05, 4.69) is 102 Å². The van der Waals surface area contributed by atoms with Crippen LogP contribution in [0.25, 0.3) is 4.85 Å². The summed E-state index contributed by atoms with van der Waals surface area (Å²) in [5, 5.41) is 0. The van der Waals surface area contributed by atoms with Gasteiger partial charge >= 0.3 is 0 Å². The highest BCUT2D eigenvalue weighted by molar-refractivity contribution is 5.45. The van der Waals surface area contributed by atoms with Gasteiger partial charge in [-0.15, -0.1) is 0 Å². The number of nitrogens with one attached hydrogen (secondary N) is 1. The van der Waals surface area contributed by atoms with Crippen molar-refractivity contribution in [3.63, 3.8) is 0 Å². The number of rotatable bonds is 3. The molecule has 3 aromatic carbocycles. The van der Waals surface area contributed by atoms with Crippen LogP contribution in [0, 0.1) is 6.07 Å². The fraction of sp³-hybridized carbons (Fsp3) is 0.0952. The molecule has 0 atom stereocenters. The Kier molecular flexibility index (Phi) is 6.59. The standard InChI is InChI=1S/C18H15N.C3H6N/c1-4-10-16(11-5-1)19(17-12-6-2-7-13-17)18-14-8-3-9-15-18;1-3-4-2/h1-15H;1-2H3/q;+1/p+1. The van der Waals surface area contributed by atoms with E-state index in [4.69, 9.17) is 0 Å². The first-order valence-electron chi connectivity index (χ1n) is 7.65. The van der Waals surface area contributed by atoms with E-state index >= 15 is 0 Å². The van der Waals surface area contributed by atoms with Gasteiger partial charge < -0.3 is 0 Å². The van der Waals surface area contributed by atoms with Gasteiger partial charge in [0.2, 0.25) is 0 Å². The van der Waals surface area contributed by atoms with E-state index in [1.807, 2.05) is 0 Å². The van der Waals surface area contributed by atoms with Crippen molar-refractivity contribution in [3.05, 3.63) is 95.8 Å². The number of hydrogen-bond acceptors (Lipinski definition) is 0. The van der Waals surface area contributed by atoms with Gasteiger partial charge in [0, 0.05) is 0 Å². The van der Waals surface area contributed by atoms with E-state index < -0.39 is 0 Å². The third-order valence-corrected chi connectivity index (χ3v) is 3.41.